The fourth-order valence-electron chi connectivity index (χ4n) is 2.87. The number of carbonyl (C=O) groups excluding carboxylic acids is 4. The van der Waals surface area contributed by atoms with E-state index >= 15 is 0 Å². The van der Waals surface area contributed by atoms with Gasteiger partial charge in [0.05, 0.1) is 12.5 Å². The van der Waals surface area contributed by atoms with E-state index < -0.39 is 72.6 Å². The molecule has 4 amide bonds. The largest absolute Gasteiger partial charge is 0.508 e. The zero-order valence-corrected chi connectivity index (χ0v) is 18.9. The first-order valence-electron chi connectivity index (χ1n) is 10.5. The Hall–Kier alpha value is -4.20. The van der Waals surface area contributed by atoms with Gasteiger partial charge in [-0.2, -0.15) is 0 Å². The van der Waals surface area contributed by atoms with E-state index in [1.165, 1.54) is 31.2 Å². The van der Waals surface area contributed by atoms with Crippen molar-refractivity contribution in [2.75, 3.05) is 0 Å². The van der Waals surface area contributed by atoms with Gasteiger partial charge in [-0.1, -0.05) is 12.1 Å². The average molecular weight is 495 g/mol. The van der Waals surface area contributed by atoms with Crippen LogP contribution in [0, 0.1) is 0 Å². The van der Waals surface area contributed by atoms with Crippen LogP contribution in [0.3, 0.4) is 0 Å². The number of phenols is 1. The molecule has 14 heteroatoms. The van der Waals surface area contributed by atoms with Gasteiger partial charge in [-0.25, -0.2) is 4.79 Å². The molecule has 1 aromatic rings. The molecule has 0 fully saturated rings. The van der Waals surface area contributed by atoms with Gasteiger partial charge in [0.2, 0.25) is 23.6 Å². The summed E-state index contributed by atoms with van der Waals surface area (Å²) in [6.07, 6.45) is -1.41. The van der Waals surface area contributed by atoms with E-state index in [1.54, 1.807) is 0 Å². The van der Waals surface area contributed by atoms with E-state index in [1.807, 2.05) is 0 Å². The van der Waals surface area contributed by atoms with Crippen LogP contribution in [-0.4, -0.2) is 75.1 Å². The molecule has 0 radical (unpaired) electrons. The topological polar surface area (TPSA) is 251 Å². The minimum Gasteiger partial charge on any atom is -0.508 e. The Bertz CT molecular complexity index is 951. The van der Waals surface area contributed by atoms with Crippen molar-refractivity contribution in [1.82, 2.24) is 16.0 Å². The molecule has 0 saturated heterocycles. The summed E-state index contributed by atoms with van der Waals surface area (Å²) in [5.74, 6) is -6.10. The van der Waals surface area contributed by atoms with Crippen molar-refractivity contribution in [3.63, 3.8) is 0 Å². The number of rotatable bonds is 14. The second-order valence-electron chi connectivity index (χ2n) is 7.77. The van der Waals surface area contributed by atoms with Gasteiger partial charge >= 0.3 is 11.9 Å². The van der Waals surface area contributed by atoms with Crippen LogP contribution in [0.4, 0.5) is 0 Å². The smallest absolute Gasteiger partial charge is 0.326 e. The van der Waals surface area contributed by atoms with Crippen LogP contribution in [0.1, 0.15) is 31.7 Å². The molecular weight excluding hydrogens is 466 g/mol. The van der Waals surface area contributed by atoms with Gasteiger partial charge in [0.25, 0.3) is 0 Å². The molecule has 0 aliphatic heterocycles. The molecule has 10 N–H and O–H groups in total. The highest BCUT2D eigenvalue weighted by Gasteiger charge is 2.29. The van der Waals surface area contributed by atoms with E-state index in [0.717, 1.165) is 0 Å². The van der Waals surface area contributed by atoms with Crippen molar-refractivity contribution in [3.05, 3.63) is 29.8 Å². The maximum Gasteiger partial charge on any atom is 0.326 e. The minimum absolute atomic E-state index is 0.0246. The summed E-state index contributed by atoms with van der Waals surface area (Å²) in [5.41, 5.74) is 11.2. The molecule has 14 nitrogen and oxygen atoms in total. The lowest BCUT2D eigenvalue weighted by Crippen LogP contribution is -2.57. The lowest BCUT2D eigenvalue weighted by atomic mass is 10.0. The van der Waals surface area contributed by atoms with Crippen LogP contribution in [-0.2, 0) is 35.2 Å². The molecule has 0 unspecified atom stereocenters. The van der Waals surface area contributed by atoms with Gasteiger partial charge in [-0.3, -0.25) is 24.0 Å². The third-order valence-electron chi connectivity index (χ3n) is 4.78. The highest BCUT2D eigenvalue weighted by molar-refractivity contribution is 5.95. The Morgan fingerprint density at radius 2 is 1.46 bits per heavy atom. The first kappa shape index (κ1) is 28.8. The van der Waals surface area contributed by atoms with E-state index in [9.17, 15) is 39.0 Å². The van der Waals surface area contributed by atoms with E-state index in [0.29, 0.717) is 5.56 Å². The molecule has 0 saturated carbocycles. The number of hydrogen-bond donors (Lipinski definition) is 8. The number of aliphatic carboxylic acids is 2. The lowest BCUT2D eigenvalue weighted by molar-refractivity contribution is -0.143. The van der Waals surface area contributed by atoms with Crippen molar-refractivity contribution in [3.8, 4) is 5.75 Å². The molecule has 1 rings (SSSR count). The third-order valence-corrected chi connectivity index (χ3v) is 4.78. The summed E-state index contributed by atoms with van der Waals surface area (Å²) in [6, 6.07) is 0.402. The van der Waals surface area contributed by atoms with Crippen LogP contribution < -0.4 is 27.4 Å². The summed E-state index contributed by atoms with van der Waals surface area (Å²) in [4.78, 5) is 70.6. The number of carbonyl (C=O) groups is 6. The number of nitrogens with one attached hydrogen (secondary N) is 3. The maximum atomic E-state index is 12.9. The number of phenolic OH excluding ortho intramolecular Hbond substituents is 1. The van der Waals surface area contributed by atoms with Crippen LogP contribution in [0.25, 0.3) is 0 Å². The Morgan fingerprint density at radius 1 is 0.886 bits per heavy atom. The van der Waals surface area contributed by atoms with E-state index in [2.05, 4.69) is 16.0 Å². The zero-order chi connectivity index (χ0) is 26.7. The Balaban J connectivity index is 2.93. The molecule has 0 bridgehead atoms. The molecule has 0 spiro atoms. The number of carboxylic acid groups (broad SMARTS) is 2. The number of hydrogen-bond acceptors (Lipinski definition) is 8. The summed E-state index contributed by atoms with van der Waals surface area (Å²) in [5, 5.41) is 34.2. The molecular formula is C21H29N5O9. The van der Waals surface area contributed by atoms with Crippen LogP contribution in [0.5, 0.6) is 5.75 Å². The molecule has 1 aromatic carbocycles. The minimum atomic E-state index is -1.49. The second kappa shape index (κ2) is 13.5. The Labute approximate surface area is 200 Å². The summed E-state index contributed by atoms with van der Waals surface area (Å²) >= 11 is 0. The molecule has 0 heterocycles. The first-order chi connectivity index (χ1) is 16.3. The number of carboxylic acids is 2. The Morgan fingerprint density at radius 3 is 1.97 bits per heavy atom. The highest BCUT2D eigenvalue weighted by atomic mass is 16.4. The van der Waals surface area contributed by atoms with Crippen LogP contribution >= 0.6 is 0 Å². The molecule has 0 aromatic heterocycles. The van der Waals surface area contributed by atoms with Gasteiger partial charge in [0.1, 0.15) is 23.9 Å². The summed E-state index contributed by atoms with van der Waals surface area (Å²) in [6.45, 7) is 1.27. The van der Waals surface area contributed by atoms with Crippen molar-refractivity contribution >= 4 is 35.6 Å². The molecule has 0 aliphatic rings. The SMILES string of the molecule is C[C@H](NC(=O)[C@H](Cc1ccc(O)cc1)NC(=O)[C@@H](N)CC(N)=O)C(=O)N[C@@H](CCC(=O)O)C(=O)O. The van der Waals surface area contributed by atoms with Gasteiger partial charge in [-0.15, -0.1) is 0 Å². The number of nitrogens with two attached hydrogens (primary N) is 2. The second-order valence-corrected chi connectivity index (χ2v) is 7.77. The van der Waals surface area contributed by atoms with Crippen molar-refractivity contribution in [2.45, 2.75) is 56.8 Å². The Kier molecular flexibility index (Phi) is 11.1. The number of amides is 4. The molecule has 4 atom stereocenters. The fraction of sp³-hybridized carbons (Fsp3) is 0.429. The maximum absolute atomic E-state index is 12.9. The average Bonchev–Trinajstić information content (AvgIpc) is 2.76. The van der Waals surface area contributed by atoms with E-state index in [4.69, 9.17) is 16.6 Å². The monoisotopic (exact) mass is 495 g/mol. The van der Waals surface area contributed by atoms with Crippen molar-refractivity contribution in [1.29, 1.82) is 0 Å². The fourth-order valence-corrected chi connectivity index (χ4v) is 2.87. The summed E-state index contributed by atoms with van der Waals surface area (Å²) in [7, 11) is 0. The van der Waals surface area contributed by atoms with Crippen LogP contribution in [0.15, 0.2) is 24.3 Å². The lowest BCUT2D eigenvalue weighted by Gasteiger charge is -2.23. The highest BCUT2D eigenvalue weighted by Crippen LogP contribution is 2.12. The third kappa shape index (κ3) is 10.5. The van der Waals surface area contributed by atoms with E-state index in [-0.39, 0.29) is 18.6 Å². The van der Waals surface area contributed by atoms with Gasteiger partial charge in [-0.05, 0) is 31.0 Å². The van der Waals surface area contributed by atoms with Crippen molar-refractivity contribution in [2.24, 2.45) is 11.5 Å². The number of primary amides is 1. The van der Waals surface area contributed by atoms with Gasteiger partial charge < -0.3 is 42.7 Å². The number of aromatic hydroxyl groups is 1. The zero-order valence-electron chi connectivity index (χ0n) is 18.9. The quantitative estimate of drug-likeness (QED) is 0.135. The number of benzene rings is 1. The van der Waals surface area contributed by atoms with Gasteiger partial charge in [0, 0.05) is 12.8 Å². The van der Waals surface area contributed by atoms with Gasteiger partial charge in [0.15, 0.2) is 0 Å². The first-order valence-corrected chi connectivity index (χ1v) is 10.5. The molecule has 192 valence electrons. The van der Waals surface area contributed by atoms with Crippen LogP contribution in [0.2, 0.25) is 0 Å². The standard InChI is InChI=1S/C21H29N5O9/c1-10(18(31)25-14(21(34)35)6-7-17(29)30)24-20(33)15(8-11-2-4-12(27)5-3-11)26-19(32)13(22)9-16(23)28/h2-5,10,13-15,27H,6-9,22H2,1H3,(H2,23,28)(H,24,33)(H,25,31)(H,26,32)(H,29,30)(H,34,35)/t10-,13-,14-,15-/m0/s1. The van der Waals surface area contributed by atoms with Crippen molar-refractivity contribution < 1.29 is 44.1 Å². The normalized spacial score (nSPS) is 14.0. The summed E-state index contributed by atoms with van der Waals surface area (Å²) < 4.78 is 0. The molecule has 35 heavy (non-hydrogen) atoms. The predicted octanol–water partition coefficient (Wildman–Crippen LogP) is -2.44. The predicted molar refractivity (Wildman–Crippen MR) is 120 cm³/mol. The molecule has 0 aliphatic carbocycles.